The monoisotopic (exact) mass is 276 g/mol. The zero-order chi connectivity index (χ0) is 10.7. The van der Waals surface area contributed by atoms with Gasteiger partial charge in [0.05, 0.1) is 17.1 Å². The summed E-state index contributed by atoms with van der Waals surface area (Å²) in [4.78, 5) is 16.6. The lowest BCUT2D eigenvalue weighted by Crippen LogP contribution is -2.28. The molecular formula is C9H13BrN2OS. The predicted octanol–water partition coefficient (Wildman–Crippen LogP) is 2.16. The predicted molar refractivity (Wildman–Crippen MR) is 61.8 cm³/mol. The van der Waals surface area contributed by atoms with Crippen LogP contribution in [0.3, 0.4) is 0 Å². The third kappa shape index (κ3) is 3.06. The number of hydrogen-bond donors (Lipinski definition) is 1. The first-order valence-electron chi connectivity index (χ1n) is 4.35. The summed E-state index contributed by atoms with van der Waals surface area (Å²) < 4.78 is 0. The van der Waals surface area contributed by atoms with Crippen LogP contribution < -0.4 is 5.32 Å². The molecule has 0 saturated carbocycles. The Labute approximate surface area is 96.1 Å². The van der Waals surface area contributed by atoms with Crippen molar-refractivity contribution in [1.29, 1.82) is 0 Å². The third-order valence-electron chi connectivity index (χ3n) is 1.85. The van der Waals surface area contributed by atoms with Gasteiger partial charge in [0.25, 0.3) is 0 Å². The molecule has 1 atom stereocenters. The zero-order valence-corrected chi connectivity index (χ0v) is 10.8. The van der Waals surface area contributed by atoms with E-state index in [9.17, 15) is 4.79 Å². The maximum atomic E-state index is 11.2. The molecule has 5 heteroatoms. The number of thiazole rings is 1. The SMILES string of the molecule is Cc1nc(CNC(=O)C(C)Br)sc1C. The summed E-state index contributed by atoms with van der Waals surface area (Å²) in [6.07, 6.45) is 0. The second-order valence-corrected chi connectivity index (χ2v) is 5.74. The van der Waals surface area contributed by atoms with E-state index in [1.807, 2.05) is 13.8 Å². The van der Waals surface area contributed by atoms with Crippen molar-refractivity contribution in [3.05, 3.63) is 15.6 Å². The Bertz CT molecular complexity index is 316. The van der Waals surface area contributed by atoms with E-state index < -0.39 is 0 Å². The number of alkyl halides is 1. The van der Waals surface area contributed by atoms with E-state index in [2.05, 4.69) is 26.2 Å². The fourth-order valence-electron chi connectivity index (χ4n) is 0.918. The minimum Gasteiger partial charge on any atom is -0.349 e. The maximum absolute atomic E-state index is 11.2. The molecule has 0 saturated heterocycles. The second kappa shape index (κ2) is 4.89. The second-order valence-electron chi connectivity index (χ2n) is 3.08. The van der Waals surface area contributed by atoms with Gasteiger partial charge in [-0.05, 0) is 20.8 Å². The largest absolute Gasteiger partial charge is 0.349 e. The molecule has 0 aliphatic carbocycles. The number of nitrogens with zero attached hydrogens (tertiary/aromatic N) is 1. The molecule has 1 aromatic rings. The highest BCUT2D eigenvalue weighted by atomic mass is 79.9. The van der Waals surface area contributed by atoms with Crippen molar-refractivity contribution < 1.29 is 4.79 Å². The Morgan fingerprint density at radius 3 is 2.71 bits per heavy atom. The van der Waals surface area contributed by atoms with Gasteiger partial charge in [-0.15, -0.1) is 11.3 Å². The fraction of sp³-hybridized carbons (Fsp3) is 0.556. The Morgan fingerprint density at radius 2 is 2.29 bits per heavy atom. The van der Waals surface area contributed by atoms with Crippen LogP contribution in [0, 0.1) is 13.8 Å². The molecule has 78 valence electrons. The van der Waals surface area contributed by atoms with E-state index in [0.717, 1.165) is 10.7 Å². The fourth-order valence-corrected chi connectivity index (χ4v) is 1.95. The van der Waals surface area contributed by atoms with E-state index in [1.54, 1.807) is 18.3 Å². The Balaban J connectivity index is 2.50. The van der Waals surface area contributed by atoms with Crippen molar-refractivity contribution in [2.75, 3.05) is 0 Å². The van der Waals surface area contributed by atoms with E-state index in [0.29, 0.717) is 6.54 Å². The average molecular weight is 277 g/mol. The van der Waals surface area contributed by atoms with Gasteiger partial charge in [-0.2, -0.15) is 0 Å². The molecular weight excluding hydrogens is 264 g/mol. The van der Waals surface area contributed by atoms with Crippen LogP contribution in [-0.2, 0) is 11.3 Å². The first kappa shape index (κ1) is 11.7. The molecule has 0 bridgehead atoms. The van der Waals surface area contributed by atoms with E-state index in [4.69, 9.17) is 0 Å². The zero-order valence-electron chi connectivity index (χ0n) is 8.43. The summed E-state index contributed by atoms with van der Waals surface area (Å²) in [5.74, 6) is -0.00416. The van der Waals surface area contributed by atoms with Gasteiger partial charge in [0.15, 0.2) is 0 Å². The van der Waals surface area contributed by atoms with Crippen LogP contribution in [0.25, 0.3) is 0 Å². The van der Waals surface area contributed by atoms with Gasteiger partial charge < -0.3 is 5.32 Å². The van der Waals surface area contributed by atoms with Crippen molar-refractivity contribution in [2.45, 2.75) is 32.1 Å². The number of aromatic nitrogens is 1. The Morgan fingerprint density at radius 1 is 1.64 bits per heavy atom. The van der Waals surface area contributed by atoms with Gasteiger partial charge >= 0.3 is 0 Å². The van der Waals surface area contributed by atoms with Gasteiger partial charge in [0, 0.05) is 4.88 Å². The lowest BCUT2D eigenvalue weighted by molar-refractivity contribution is -0.120. The van der Waals surface area contributed by atoms with E-state index in [-0.39, 0.29) is 10.7 Å². The number of carbonyl (C=O) groups excluding carboxylic acids is 1. The molecule has 0 fully saturated rings. The molecule has 0 aliphatic rings. The van der Waals surface area contributed by atoms with Crippen LogP contribution in [-0.4, -0.2) is 15.7 Å². The van der Waals surface area contributed by atoms with Gasteiger partial charge in [0.1, 0.15) is 5.01 Å². The van der Waals surface area contributed by atoms with Crippen LogP contribution in [0.4, 0.5) is 0 Å². The maximum Gasteiger partial charge on any atom is 0.233 e. The lowest BCUT2D eigenvalue weighted by atomic mass is 10.4. The molecule has 0 radical (unpaired) electrons. The number of nitrogens with one attached hydrogen (secondary N) is 1. The molecule has 1 N–H and O–H groups in total. The minimum absolute atomic E-state index is 0.00416. The Hall–Kier alpha value is -0.420. The van der Waals surface area contributed by atoms with Gasteiger partial charge in [0.2, 0.25) is 5.91 Å². The molecule has 1 heterocycles. The summed E-state index contributed by atoms with van der Waals surface area (Å²) in [6.45, 7) is 6.33. The van der Waals surface area contributed by atoms with Crippen LogP contribution in [0.5, 0.6) is 0 Å². The van der Waals surface area contributed by atoms with Crippen molar-refractivity contribution in [3.8, 4) is 0 Å². The number of amides is 1. The quantitative estimate of drug-likeness (QED) is 0.860. The van der Waals surface area contributed by atoms with Crippen LogP contribution >= 0.6 is 27.3 Å². The number of carbonyl (C=O) groups is 1. The van der Waals surface area contributed by atoms with Gasteiger partial charge in [-0.3, -0.25) is 4.79 Å². The average Bonchev–Trinajstić information content (AvgIpc) is 2.42. The summed E-state index contributed by atoms with van der Waals surface area (Å²) in [5, 5.41) is 3.76. The summed E-state index contributed by atoms with van der Waals surface area (Å²) >= 11 is 4.83. The lowest BCUT2D eigenvalue weighted by Gasteiger charge is -2.03. The van der Waals surface area contributed by atoms with Crippen molar-refractivity contribution in [1.82, 2.24) is 10.3 Å². The summed E-state index contributed by atoms with van der Waals surface area (Å²) in [5.41, 5.74) is 1.05. The third-order valence-corrected chi connectivity index (χ3v) is 3.34. The van der Waals surface area contributed by atoms with Gasteiger partial charge in [-0.25, -0.2) is 4.98 Å². The van der Waals surface area contributed by atoms with E-state index >= 15 is 0 Å². The molecule has 1 aromatic heterocycles. The number of hydrogen-bond acceptors (Lipinski definition) is 3. The standard InChI is InChI=1S/C9H13BrN2OS/c1-5(10)9(13)11-4-8-12-6(2)7(3)14-8/h5H,4H2,1-3H3,(H,11,13). The normalized spacial score (nSPS) is 12.6. The molecule has 0 aromatic carbocycles. The number of halogens is 1. The summed E-state index contributed by atoms with van der Waals surface area (Å²) in [7, 11) is 0. The molecule has 0 spiro atoms. The topological polar surface area (TPSA) is 42.0 Å². The minimum atomic E-state index is -0.148. The summed E-state index contributed by atoms with van der Waals surface area (Å²) in [6, 6.07) is 0. The molecule has 3 nitrogen and oxygen atoms in total. The number of rotatable bonds is 3. The van der Waals surface area contributed by atoms with Crippen LogP contribution in [0.2, 0.25) is 0 Å². The molecule has 1 unspecified atom stereocenters. The highest BCUT2D eigenvalue weighted by Crippen LogP contribution is 2.16. The molecule has 0 aliphatic heterocycles. The highest BCUT2D eigenvalue weighted by molar-refractivity contribution is 9.10. The first-order valence-corrected chi connectivity index (χ1v) is 6.08. The van der Waals surface area contributed by atoms with E-state index in [1.165, 1.54) is 4.88 Å². The Kier molecular flexibility index (Phi) is 4.07. The van der Waals surface area contributed by atoms with Crippen molar-refractivity contribution in [3.63, 3.8) is 0 Å². The van der Waals surface area contributed by atoms with Crippen LogP contribution in [0.15, 0.2) is 0 Å². The number of aryl methyl sites for hydroxylation is 2. The molecule has 14 heavy (non-hydrogen) atoms. The van der Waals surface area contributed by atoms with Gasteiger partial charge in [-0.1, -0.05) is 15.9 Å². The van der Waals surface area contributed by atoms with Crippen molar-refractivity contribution in [2.24, 2.45) is 0 Å². The van der Waals surface area contributed by atoms with Crippen LogP contribution in [0.1, 0.15) is 22.5 Å². The smallest absolute Gasteiger partial charge is 0.233 e. The highest BCUT2D eigenvalue weighted by Gasteiger charge is 2.09. The van der Waals surface area contributed by atoms with Crippen molar-refractivity contribution >= 4 is 33.2 Å². The first-order chi connectivity index (χ1) is 6.50. The molecule has 1 rings (SSSR count). The molecule has 1 amide bonds.